The maximum atomic E-state index is 11.7. The highest BCUT2D eigenvalue weighted by Crippen LogP contribution is 2.33. The smallest absolute Gasteiger partial charge is 0.326 e. The van der Waals surface area contributed by atoms with E-state index >= 15 is 0 Å². The molecule has 0 aromatic heterocycles. The van der Waals surface area contributed by atoms with Gasteiger partial charge >= 0.3 is 18.0 Å². The maximum absolute atomic E-state index is 11.7. The summed E-state index contributed by atoms with van der Waals surface area (Å²) in [6.45, 7) is 0. The molecule has 7 nitrogen and oxygen atoms in total. The Morgan fingerprint density at radius 3 is 2.14 bits per heavy atom. The molecule has 0 saturated carbocycles. The van der Waals surface area contributed by atoms with Gasteiger partial charge in [-0.05, 0) is 12.1 Å². The summed E-state index contributed by atoms with van der Waals surface area (Å²) in [5, 5.41) is 21.9. The first kappa shape index (κ1) is 17.5. The number of nitrogens with one attached hydrogen (secondary N) is 2. The summed E-state index contributed by atoms with van der Waals surface area (Å²) in [5.74, 6) is -2.83. The molecular formula is C11H9BrCl2N2O5. The molecule has 0 aliphatic rings. The van der Waals surface area contributed by atoms with Crippen LogP contribution in [0.3, 0.4) is 0 Å². The third-order valence-electron chi connectivity index (χ3n) is 2.23. The van der Waals surface area contributed by atoms with E-state index < -0.39 is 30.4 Å². The topological polar surface area (TPSA) is 116 Å². The largest absolute Gasteiger partial charge is 0.481 e. The van der Waals surface area contributed by atoms with E-state index in [0.717, 1.165) is 0 Å². The number of amides is 2. The van der Waals surface area contributed by atoms with E-state index in [-0.39, 0.29) is 15.7 Å². The van der Waals surface area contributed by atoms with E-state index in [1.165, 1.54) is 12.1 Å². The number of carboxylic acid groups (broad SMARTS) is 2. The van der Waals surface area contributed by atoms with Crippen molar-refractivity contribution in [1.82, 2.24) is 5.32 Å². The molecule has 0 radical (unpaired) electrons. The van der Waals surface area contributed by atoms with Gasteiger partial charge in [-0.3, -0.25) is 4.79 Å². The van der Waals surface area contributed by atoms with E-state index in [0.29, 0.717) is 4.47 Å². The van der Waals surface area contributed by atoms with Gasteiger partial charge < -0.3 is 20.8 Å². The number of carbonyl (C=O) groups is 3. The highest BCUT2D eigenvalue weighted by molar-refractivity contribution is 9.10. The molecule has 21 heavy (non-hydrogen) atoms. The first-order chi connectivity index (χ1) is 9.70. The van der Waals surface area contributed by atoms with Gasteiger partial charge in [-0.2, -0.15) is 0 Å². The van der Waals surface area contributed by atoms with Crippen molar-refractivity contribution in [2.24, 2.45) is 0 Å². The number of hydrogen-bond acceptors (Lipinski definition) is 3. The fraction of sp³-hybridized carbons (Fsp3) is 0.182. The Hall–Kier alpha value is -1.51. The number of hydrogen-bond donors (Lipinski definition) is 4. The molecule has 0 spiro atoms. The molecule has 1 rings (SSSR count). The van der Waals surface area contributed by atoms with Gasteiger partial charge in [-0.25, -0.2) is 9.59 Å². The fourth-order valence-corrected chi connectivity index (χ4v) is 2.65. The molecule has 2 amide bonds. The van der Waals surface area contributed by atoms with Gasteiger partial charge in [0.15, 0.2) is 0 Å². The Labute approximate surface area is 137 Å². The van der Waals surface area contributed by atoms with Gasteiger partial charge in [-0.15, -0.1) is 0 Å². The maximum Gasteiger partial charge on any atom is 0.326 e. The van der Waals surface area contributed by atoms with Crippen LogP contribution >= 0.6 is 39.1 Å². The molecule has 10 heteroatoms. The van der Waals surface area contributed by atoms with Crippen LogP contribution in [0.5, 0.6) is 0 Å². The zero-order valence-electron chi connectivity index (χ0n) is 10.2. The first-order valence-electron chi connectivity index (χ1n) is 5.37. The van der Waals surface area contributed by atoms with Crippen molar-refractivity contribution in [3.63, 3.8) is 0 Å². The summed E-state index contributed by atoms with van der Waals surface area (Å²) in [6, 6.07) is 0.453. The number of carboxylic acids is 2. The minimum absolute atomic E-state index is 0.0819. The molecular weight excluding hydrogens is 391 g/mol. The van der Waals surface area contributed by atoms with Crippen molar-refractivity contribution in [3.05, 3.63) is 26.7 Å². The van der Waals surface area contributed by atoms with E-state index in [9.17, 15) is 14.4 Å². The van der Waals surface area contributed by atoms with Crippen LogP contribution in [-0.4, -0.2) is 34.2 Å². The van der Waals surface area contributed by atoms with Crippen molar-refractivity contribution in [3.8, 4) is 0 Å². The minimum Gasteiger partial charge on any atom is -0.481 e. The Morgan fingerprint density at radius 1 is 1.19 bits per heavy atom. The summed E-state index contributed by atoms with van der Waals surface area (Å²) in [5.41, 5.74) is 0.0819. The molecule has 114 valence electrons. The van der Waals surface area contributed by atoms with E-state index in [2.05, 4.69) is 21.2 Å². The summed E-state index contributed by atoms with van der Waals surface area (Å²) < 4.78 is 0.595. The third-order valence-corrected chi connectivity index (χ3v) is 3.28. The highest BCUT2D eigenvalue weighted by atomic mass is 79.9. The third kappa shape index (κ3) is 5.41. The second-order valence-corrected chi connectivity index (χ2v) is 5.56. The summed E-state index contributed by atoms with van der Waals surface area (Å²) >= 11 is 14.9. The Bertz CT molecular complexity index is 573. The van der Waals surface area contributed by atoms with Crippen LogP contribution in [0.4, 0.5) is 10.5 Å². The van der Waals surface area contributed by atoms with Crippen LogP contribution in [0.1, 0.15) is 6.42 Å². The van der Waals surface area contributed by atoms with Gasteiger partial charge in [0.25, 0.3) is 0 Å². The van der Waals surface area contributed by atoms with Crippen LogP contribution in [0, 0.1) is 0 Å². The molecule has 4 N–H and O–H groups in total. The number of rotatable bonds is 5. The summed E-state index contributed by atoms with van der Waals surface area (Å²) in [6.07, 6.45) is -0.759. The lowest BCUT2D eigenvalue weighted by Gasteiger charge is -2.15. The molecule has 0 unspecified atom stereocenters. The molecule has 1 atom stereocenters. The zero-order chi connectivity index (χ0) is 16.2. The Morgan fingerprint density at radius 2 is 1.71 bits per heavy atom. The molecule has 0 fully saturated rings. The van der Waals surface area contributed by atoms with Crippen LogP contribution < -0.4 is 10.6 Å². The highest BCUT2D eigenvalue weighted by Gasteiger charge is 2.23. The number of anilines is 1. The normalized spacial score (nSPS) is 11.6. The predicted octanol–water partition coefficient (Wildman–Crippen LogP) is 2.81. The molecule has 1 aromatic rings. The van der Waals surface area contributed by atoms with Gasteiger partial charge in [-0.1, -0.05) is 39.1 Å². The van der Waals surface area contributed by atoms with Crippen LogP contribution in [-0.2, 0) is 9.59 Å². The Kier molecular flexibility index (Phi) is 6.25. The number of carbonyl (C=O) groups excluding carboxylic acids is 1. The number of aliphatic carboxylic acids is 2. The second-order valence-electron chi connectivity index (χ2n) is 3.83. The van der Waals surface area contributed by atoms with E-state index in [4.69, 9.17) is 33.4 Å². The fourth-order valence-electron chi connectivity index (χ4n) is 1.34. The molecule has 0 aliphatic carbocycles. The average molecular weight is 400 g/mol. The first-order valence-corrected chi connectivity index (χ1v) is 6.92. The van der Waals surface area contributed by atoms with Gasteiger partial charge in [0, 0.05) is 4.47 Å². The standard InChI is InChI=1S/C11H9BrCl2N2O5/c12-4-1-5(13)9(6(14)2-4)16-11(21)15-7(10(19)20)3-8(17)18/h1-2,7H,3H2,(H,17,18)(H,19,20)(H2,15,16,21)/t7-/m1/s1. The zero-order valence-corrected chi connectivity index (χ0v) is 13.3. The van der Waals surface area contributed by atoms with Crippen LogP contribution in [0.2, 0.25) is 10.0 Å². The molecule has 0 bridgehead atoms. The van der Waals surface area contributed by atoms with Crippen LogP contribution in [0.25, 0.3) is 0 Å². The summed E-state index contributed by atoms with van der Waals surface area (Å²) in [4.78, 5) is 33.0. The average Bonchev–Trinajstić information content (AvgIpc) is 2.32. The monoisotopic (exact) mass is 398 g/mol. The van der Waals surface area contributed by atoms with Crippen molar-refractivity contribution in [1.29, 1.82) is 0 Å². The number of benzene rings is 1. The second kappa shape index (κ2) is 7.48. The quantitative estimate of drug-likeness (QED) is 0.607. The summed E-state index contributed by atoms with van der Waals surface area (Å²) in [7, 11) is 0. The van der Waals surface area contributed by atoms with Crippen LogP contribution in [0.15, 0.2) is 16.6 Å². The number of urea groups is 1. The van der Waals surface area contributed by atoms with Gasteiger partial charge in [0.1, 0.15) is 6.04 Å². The molecule has 1 aromatic carbocycles. The lowest BCUT2D eigenvalue weighted by molar-refractivity contribution is -0.145. The van der Waals surface area contributed by atoms with Gasteiger partial charge in [0.2, 0.25) is 0 Å². The lowest BCUT2D eigenvalue weighted by atomic mass is 10.2. The van der Waals surface area contributed by atoms with Crippen molar-refractivity contribution >= 4 is 62.8 Å². The van der Waals surface area contributed by atoms with Crippen molar-refractivity contribution in [2.75, 3.05) is 5.32 Å². The Balaban J connectivity index is 2.82. The predicted molar refractivity (Wildman–Crippen MR) is 80.0 cm³/mol. The van der Waals surface area contributed by atoms with E-state index in [1.807, 2.05) is 5.32 Å². The number of halogens is 3. The van der Waals surface area contributed by atoms with E-state index in [1.54, 1.807) is 0 Å². The molecule has 0 aliphatic heterocycles. The minimum atomic E-state index is -1.57. The van der Waals surface area contributed by atoms with Crippen molar-refractivity contribution in [2.45, 2.75) is 12.5 Å². The molecule has 0 saturated heterocycles. The van der Waals surface area contributed by atoms with Crippen molar-refractivity contribution < 1.29 is 24.6 Å². The lowest BCUT2D eigenvalue weighted by Crippen LogP contribution is -2.44. The molecule has 0 heterocycles. The van der Waals surface area contributed by atoms with Gasteiger partial charge in [0.05, 0.1) is 22.2 Å². The SMILES string of the molecule is O=C(O)C[C@@H](NC(=O)Nc1c(Cl)cc(Br)cc1Cl)C(=O)O.